The Balaban J connectivity index is 2.16. The molecular weight excluding hydrogens is 136 g/mol. The lowest BCUT2D eigenvalue weighted by molar-refractivity contribution is 0.631. The van der Waals surface area contributed by atoms with E-state index in [-0.39, 0.29) is 0 Å². The number of hydrogen-bond donors (Lipinski definition) is 1. The largest absolute Gasteiger partial charge is 0.348 e. The van der Waals surface area contributed by atoms with Gasteiger partial charge in [0.2, 0.25) is 0 Å². The van der Waals surface area contributed by atoms with Crippen molar-refractivity contribution in [3.63, 3.8) is 0 Å². The second-order valence-electron chi connectivity index (χ2n) is 2.94. The van der Waals surface area contributed by atoms with Gasteiger partial charge in [-0.2, -0.15) is 0 Å². The minimum atomic E-state index is 0.541. The van der Waals surface area contributed by atoms with Crippen LogP contribution < -0.4 is 0 Å². The highest BCUT2D eigenvalue weighted by atomic mass is 14.9. The molecule has 1 N–H and O–H groups in total. The molecule has 11 heavy (non-hydrogen) atoms. The minimum Gasteiger partial charge on any atom is -0.348 e. The first-order valence-electron chi connectivity index (χ1n) is 4.13. The fourth-order valence-electron chi connectivity index (χ4n) is 1.52. The van der Waals surface area contributed by atoms with Crippen LogP contribution in [0.3, 0.4) is 0 Å². The van der Waals surface area contributed by atoms with Crippen LogP contribution >= 0.6 is 0 Å². The number of imidazole rings is 1. The SMILES string of the molecule is C1=CC(c2ncc[nH]2)CCC1. The number of nitrogens with zero attached hydrogens (tertiary/aromatic N) is 1. The van der Waals surface area contributed by atoms with Gasteiger partial charge < -0.3 is 4.98 Å². The fourth-order valence-corrected chi connectivity index (χ4v) is 1.52. The van der Waals surface area contributed by atoms with Gasteiger partial charge in [-0.25, -0.2) is 4.98 Å². The predicted molar refractivity (Wildman–Crippen MR) is 44.3 cm³/mol. The molecule has 1 unspecified atom stereocenters. The highest BCUT2D eigenvalue weighted by Gasteiger charge is 2.11. The van der Waals surface area contributed by atoms with E-state index in [1.165, 1.54) is 19.3 Å². The normalized spacial score (nSPS) is 23.8. The molecule has 0 saturated heterocycles. The van der Waals surface area contributed by atoms with Crippen LogP contribution in [0, 0.1) is 0 Å². The quantitative estimate of drug-likeness (QED) is 0.608. The maximum Gasteiger partial charge on any atom is 0.112 e. The average Bonchev–Trinajstić information content (AvgIpc) is 2.58. The van der Waals surface area contributed by atoms with E-state index in [9.17, 15) is 0 Å². The highest BCUT2D eigenvalue weighted by molar-refractivity contribution is 5.09. The Kier molecular flexibility index (Phi) is 1.76. The predicted octanol–water partition coefficient (Wildman–Crippen LogP) is 2.23. The highest BCUT2D eigenvalue weighted by Crippen LogP contribution is 2.24. The maximum atomic E-state index is 4.23. The molecular formula is C9H12N2. The van der Waals surface area contributed by atoms with Gasteiger partial charge >= 0.3 is 0 Å². The molecule has 1 heterocycles. The van der Waals surface area contributed by atoms with Crippen LogP contribution in [0.1, 0.15) is 31.0 Å². The lowest BCUT2D eigenvalue weighted by atomic mass is 9.95. The summed E-state index contributed by atoms with van der Waals surface area (Å²) in [5.41, 5.74) is 0. The van der Waals surface area contributed by atoms with Gasteiger partial charge in [0, 0.05) is 18.3 Å². The fraction of sp³-hybridized carbons (Fsp3) is 0.444. The summed E-state index contributed by atoms with van der Waals surface area (Å²) in [5.74, 6) is 1.65. The van der Waals surface area contributed by atoms with Crippen molar-refractivity contribution >= 4 is 0 Å². The molecule has 1 atom stereocenters. The summed E-state index contributed by atoms with van der Waals surface area (Å²) >= 11 is 0. The number of allylic oxidation sites excluding steroid dienone is 2. The van der Waals surface area contributed by atoms with Crippen LogP contribution in [0.4, 0.5) is 0 Å². The molecule has 1 aliphatic rings. The van der Waals surface area contributed by atoms with Gasteiger partial charge in [0.15, 0.2) is 0 Å². The van der Waals surface area contributed by atoms with Crippen molar-refractivity contribution in [1.82, 2.24) is 9.97 Å². The van der Waals surface area contributed by atoms with Gasteiger partial charge in [-0.15, -0.1) is 0 Å². The molecule has 1 aromatic heterocycles. The van der Waals surface area contributed by atoms with E-state index in [0.29, 0.717) is 5.92 Å². The number of nitrogens with one attached hydrogen (secondary N) is 1. The molecule has 0 fully saturated rings. The molecule has 0 amide bonds. The van der Waals surface area contributed by atoms with Crippen LogP contribution in [-0.4, -0.2) is 9.97 Å². The average molecular weight is 148 g/mol. The molecule has 1 aromatic rings. The number of hydrogen-bond acceptors (Lipinski definition) is 1. The lowest BCUT2D eigenvalue weighted by Crippen LogP contribution is -2.00. The van der Waals surface area contributed by atoms with Crippen molar-refractivity contribution in [2.75, 3.05) is 0 Å². The summed E-state index contributed by atoms with van der Waals surface area (Å²) in [6, 6.07) is 0. The number of aromatic nitrogens is 2. The van der Waals surface area contributed by atoms with Crippen molar-refractivity contribution in [3.8, 4) is 0 Å². The molecule has 0 bridgehead atoms. The molecule has 1 aliphatic carbocycles. The molecule has 0 saturated carbocycles. The molecule has 2 rings (SSSR count). The summed E-state index contributed by atoms with van der Waals surface area (Å²) in [7, 11) is 0. The zero-order valence-electron chi connectivity index (χ0n) is 6.46. The van der Waals surface area contributed by atoms with Gasteiger partial charge in [-0.1, -0.05) is 12.2 Å². The smallest absolute Gasteiger partial charge is 0.112 e. The minimum absolute atomic E-state index is 0.541. The first-order chi connectivity index (χ1) is 5.47. The van der Waals surface area contributed by atoms with E-state index in [0.717, 1.165) is 5.82 Å². The third-order valence-corrected chi connectivity index (χ3v) is 2.12. The monoisotopic (exact) mass is 148 g/mol. The summed E-state index contributed by atoms with van der Waals surface area (Å²) in [5, 5.41) is 0. The number of H-pyrrole nitrogens is 1. The molecule has 58 valence electrons. The second-order valence-corrected chi connectivity index (χ2v) is 2.94. The topological polar surface area (TPSA) is 28.7 Å². The van der Waals surface area contributed by atoms with E-state index in [1.54, 1.807) is 0 Å². The summed E-state index contributed by atoms with van der Waals surface area (Å²) < 4.78 is 0. The van der Waals surface area contributed by atoms with E-state index in [1.807, 2.05) is 12.4 Å². The molecule has 0 radical (unpaired) electrons. The standard InChI is InChI=1S/C9H12N2/c1-2-4-8(5-3-1)9-10-6-7-11-9/h2,4,6-8H,1,3,5H2,(H,10,11). The first-order valence-corrected chi connectivity index (χ1v) is 4.13. The van der Waals surface area contributed by atoms with Crippen LogP contribution in [0.5, 0.6) is 0 Å². The van der Waals surface area contributed by atoms with E-state index >= 15 is 0 Å². The van der Waals surface area contributed by atoms with Crippen molar-refractivity contribution in [1.29, 1.82) is 0 Å². The molecule has 2 heteroatoms. The van der Waals surface area contributed by atoms with Gasteiger partial charge in [0.25, 0.3) is 0 Å². The molecule has 0 aliphatic heterocycles. The van der Waals surface area contributed by atoms with Crippen molar-refractivity contribution < 1.29 is 0 Å². The zero-order valence-corrected chi connectivity index (χ0v) is 6.46. The van der Waals surface area contributed by atoms with Gasteiger partial charge in [0.1, 0.15) is 5.82 Å². The number of rotatable bonds is 1. The van der Waals surface area contributed by atoms with Crippen LogP contribution in [0.25, 0.3) is 0 Å². The van der Waals surface area contributed by atoms with Crippen molar-refractivity contribution in [3.05, 3.63) is 30.4 Å². The third-order valence-electron chi connectivity index (χ3n) is 2.12. The molecule has 0 spiro atoms. The van der Waals surface area contributed by atoms with Gasteiger partial charge in [0.05, 0.1) is 0 Å². The van der Waals surface area contributed by atoms with Crippen molar-refractivity contribution in [2.45, 2.75) is 25.2 Å². The van der Waals surface area contributed by atoms with Gasteiger partial charge in [-0.3, -0.25) is 0 Å². The summed E-state index contributed by atoms with van der Waals surface area (Å²) in [4.78, 5) is 7.38. The van der Waals surface area contributed by atoms with Crippen LogP contribution in [0.15, 0.2) is 24.5 Å². The Bertz CT molecular complexity index is 236. The first kappa shape index (κ1) is 6.65. The zero-order chi connectivity index (χ0) is 7.52. The Hall–Kier alpha value is -1.05. The van der Waals surface area contributed by atoms with Crippen LogP contribution in [-0.2, 0) is 0 Å². The third kappa shape index (κ3) is 1.34. The lowest BCUT2D eigenvalue weighted by Gasteiger charge is -2.12. The Morgan fingerprint density at radius 3 is 3.18 bits per heavy atom. The Labute approximate surface area is 66.4 Å². The summed E-state index contributed by atoms with van der Waals surface area (Å²) in [6.07, 6.45) is 12.0. The number of aromatic amines is 1. The van der Waals surface area contributed by atoms with Crippen molar-refractivity contribution in [2.24, 2.45) is 0 Å². The Morgan fingerprint density at radius 1 is 1.55 bits per heavy atom. The molecule has 0 aromatic carbocycles. The Morgan fingerprint density at radius 2 is 2.55 bits per heavy atom. The summed E-state index contributed by atoms with van der Waals surface area (Å²) in [6.45, 7) is 0. The van der Waals surface area contributed by atoms with E-state index in [4.69, 9.17) is 0 Å². The maximum absolute atomic E-state index is 4.23. The molecule has 2 nitrogen and oxygen atoms in total. The van der Waals surface area contributed by atoms with Crippen LogP contribution in [0.2, 0.25) is 0 Å². The van der Waals surface area contributed by atoms with E-state index in [2.05, 4.69) is 22.1 Å². The van der Waals surface area contributed by atoms with Gasteiger partial charge in [-0.05, 0) is 19.3 Å². The second kappa shape index (κ2) is 2.91. The van der Waals surface area contributed by atoms with E-state index < -0.39 is 0 Å².